The van der Waals surface area contributed by atoms with E-state index in [0.29, 0.717) is 16.7 Å². The van der Waals surface area contributed by atoms with E-state index in [1.165, 1.54) is 21.3 Å². The Hall–Kier alpha value is -5.49. The summed E-state index contributed by atoms with van der Waals surface area (Å²) in [4.78, 5) is 35.2. The zero-order valence-corrected chi connectivity index (χ0v) is 23.6. The maximum Gasteiger partial charge on any atom is 0.337 e. The monoisotopic (exact) mass is 558 g/mol. The molecule has 42 heavy (non-hydrogen) atoms. The van der Waals surface area contributed by atoms with Crippen LogP contribution in [0.5, 0.6) is 0 Å². The quantitative estimate of drug-likeness (QED) is 0.120. The topological polar surface area (TPSA) is 78.9 Å². The fourth-order valence-corrected chi connectivity index (χ4v) is 4.11. The van der Waals surface area contributed by atoms with Crippen LogP contribution in [0.25, 0.3) is 36.5 Å². The number of esters is 3. The first-order chi connectivity index (χ1) is 20.4. The minimum Gasteiger partial charge on any atom is -0.465 e. The molecule has 0 aliphatic carbocycles. The molecule has 0 unspecified atom stereocenters. The fourth-order valence-electron chi connectivity index (χ4n) is 4.11. The molecule has 210 valence electrons. The summed E-state index contributed by atoms with van der Waals surface area (Å²) in [6.45, 7) is 0. The zero-order valence-electron chi connectivity index (χ0n) is 23.6. The minimum atomic E-state index is -0.374. The third-order valence-electron chi connectivity index (χ3n) is 6.40. The molecular formula is C36H30O6. The molecule has 0 fully saturated rings. The highest BCUT2D eigenvalue weighted by molar-refractivity contribution is 5.91. The average molecular weight is 559 g/mol. The van der Waals surface area contributed by atoms with Crippen molar-refractivity contribution in [2.75, 3.05) is 21.3 Å². The van der Waals surface area contributed by atoms with Crippen LogP contribution in [0.3, 0.4) is 0 Å². The van der Waals surface area contributed by atoms with Crippen LogP contribution in [-0.2, 0) is 14.2 Å². The summed E-state index contributed by atoms with van der Waals surface area (Å²) in [6.07, 6.45) is 12.0. The molecule has 0 radical (unpaired) electrons. The first-order valence-corrected chi connectivity index (χ1v) is 13.1. The average Bonchev–Trinajstić information content (AvgIpc) is 3.05. The smallest absolute Gasteiger partial charge is 0.337 e. The molecular weight excluding hydrogens is 528 g/mol. The number of hydrogen-bond donors (Lipinski definition) is 0. The van der Waals surface area contributed by atoms with E-state index in [4.69, 9.17) is 14.2 Å². The van der Waals surface area contributed by atoms with Crippen LogP contribution in [0, 0.1) is 0 Å². The Labute approximate surface area is 245 Å². The SMILES string of the molecule is COC(=O)c1ccc(/C=C/c2cc(/C=C/c3ccc(C(=O)OC)cc3)cc(/C=C/c3ccc(C(=O)OC)cc3)c2)cc1. The molecule has 0 aliphatic heterocycles. The van der Waals surface area contributed by atoms with Gasteiger partial charge in [0, 0.05) is 0 Å². The van der Waals surface area contributed by atoms with Gasteiger partial charge < -0.3 is 14.2 Å². The maximum absolute atomic E-state index is 11.7. The summed E-state index contributed by atoms with van der Waals surface area (Å²) < 4.78 is 14.3. The lowest BCUT2D eigenvalue weighted by atomic mass is 10.0. The molecule has 0 bridgehead atoms. The Bertz CT molecular complexity index is 1430. The molecule has 0 amide bonds. The van der Waals surface area contributed by atoms with Crippen LogP contribution in [0.4, 0.5) is 0 Å². The second kappa shape index (κ2) is 14.2. The van der Waals surface area contributed by atoms with Gasteiger partial charge in [0.1, 0.15) is 0 Å². The lowest BCUT2D eigenvalue weighted by Crippen LogP contribution is -2.00. The molecule has 0 atom stereocenters. The first kappa shape index (κ1) is 29.5. The van der Waals surface area contributed by atoms with Gasteiger partial charge in [-0.15, -0.1) is 0 Å². The van der Waals surface area contributed by atoms with Crippen molar-refractivity contribution in [3.63, 3.8) is 0 Å². The molecule has 0 aliphatic rings. The molecule has 0 saturated carbocycles. The number of rotatable bonds is 9. The predicted molar refractivity (Wildman–Crippen MR) is 167 cm³/mol. The molecule has 0 heterocycles. The molecule has 6 heteroatoms. The lowest BCUT2D eigenvalue weighted by Gasteiger charge is -2.04. The number of carbonyl (C=O) groups excluding carboxylic acids is 3. The Morgan fingerprint density at radius 2 is 0.595 bits per heavy atom. The van der Waals surface area contributed by atoms with Gasteiger partial charge in [-0.25, -0.2) is 14.4 Å². The molecule has 0 spiro atoms. The maximum atomic E-state index is 11.7. The third-order valence-corrected chi connectivity index (χ3v) is 6.40. The van der Waals surface area contributed by atoms with Crippen LogP contribution in [0.1, 0.15) is 64.5 Å². The van der Waals surface area contributed by atoms with Gasteiger partial charge >= 0.3 is 17.9 Å². The van der Waals surface area contributed by atoms with Gasteiger partial charge in [0.15, 0.2) is 0 Å². The van der Waals surface area contributed by atoms with Crippen molar-refractivity contribution in [1.82, 2.24) is 0 Å². The van der Waals surface area contributed by atoms with E-state index in [-0.39, 0.29) is 17.9 Å². The molecule has 4 aromatic carbocycles. The van der Waals surface area contributed by atoms with E-state index in [2.05, 4.69) is 18.2 Å². The highest BCUT2D eigenvalue weighted by Crippen LogP contribution is 2.20. The standard InChI is InChI=1S/C36H30O6/c1-40-34(37)31-16-10-25(11-17-31)4-7-28-22-29(8-5-26-12-18-32(19-13-26)35(38)41-2)24-30(23-28)9-6-27-14-20-33(21-15-27)36(39)42-3/h4-24H,1-3H3/b7-4+,8-5+,9-6+. The van der Waals surface area contributed by atoms with Crippen LogP contribution in [0.2, 0.25) is 0 Å². The molecule has 4 aromatic rings. The molecule has 0 aromatic heterocycles. The van der Waals surface area contributed by atoms with Crippen molar-refractivity contribution in [3.8, 4) is 0 Å². The molecule has 4 rings (SSSR count). The Morgan fingerprint density at radius 1 is 0.381 bits per heavy atom. The van der Waals surface area contributed by atoms with Gasteiger partial charge in [0.2, 0.25) is 0 Å². The van der Waals surface area contributed by atoms with E-state index in [1.54, 1.807) is 36.4 Å². The van der Waals surface area contributed by atoms with E-state index in [1.807, 2.05) is 72.9 Å². The number of benzene rings is 4. The van der Waals surface area contributed by atoms with Crippen molar-refractivity contribution in [1.29, 1.82) is 0 Å². The largest absolute Gasteiger partial charge is 0.465 e. The van der Waals surface area contributed by atoms with Gasteiger partial charge in [-0.1, -0.05) is 72.9 Å². The Morgan fingerprint density at radius 3 is 0.810 bits per heavy atom. The predicted octanol–water partition coefficient (Wildman–Crippen LogP) is 7.56. The van der Waals surface area contributed by atoms with Gasteiger partial charge in [0.05, 0.1) is 38.0 Å². The highest BCUT2D eigenvalue weighted by atomic mass is 16.5. The lowest BCUT2D eigenvalue weighted by molar-refractivity contribution is 0.0592. The van der Waals surface area contributed by atoms with Gasteiger partial charge in [0.25, 0.3) is 0 Å². The third kappa shape index (κ3) is 8.02. The molecule has 0 N–H and O–H groups in total. The number of methoxy groups -OCH3 is 3. The van der Waals surface area contributed by atoms with Gasteiger partial charge in [-0.2, -0.15) is 0 Å². The van der Waals surface area contributed by atoms with Crippen LogP contribution >= 0.6 is 0 Å². The van der Waals surface area contributed by atoms with Crippen molar-refractivity contribution in [2.24, 2.45) is 0 Å². The summed E-state index contributed by atoms with van der Waals surface area (Å²) in [6, 6.07) is 27.8. The van der Waals surface area contributed by atoms with Crippen molar-refractivity contribution >= 4 is 54.4 Å². The van der Waals surface area contributed by atoms with Crippen molar-refractivity contribution < 1.29 is 28.6 Å². The molecule has 6 nitrogen and oxygen atoms in total. The number of hydrogen-bond acceptors (Lipinski definition) is 6. The van der Waals surface area contributed by atoms with Gasteiger partial charge in [-0.05, 0) is 88.0 Å². The second-order valence-electron chi connectivity index (χ2n) is 9.27. The highest BCUT2D eigenvalue weighted by Gasteiger charge is 2.05. The van der Waals surface area contributed by atoms with Crippen LogP contribution < -0.4 is 0 Å². The van der Waals surface area contributed by atoms with E-state index < -0.39 is 0 Å². The number of ether oxygens (including phenoxy) is 3. The summed E-state index contributed by atoms with van der Waals surface area (Å²) >= 11 is 0. The Kier molecular flexibility index (Phi) is 9.99. The summed E-state index contributed by atoms with van der Waals surface area (Å²) in [5.74, 6) is -1.12. The summed E-state index contributed by atoms with van der Waals surface area (Å²) in [7, 11) is 4.08. The van der Waals surface area contributed by atoms with Crippen molar-refractivity contribution in [2.45, 2.75) is 0 Å². The van der Waals surface area contributed by atoms with E-state index in [9.17, 15) is 14.4 Å². The summed E-state index contributed by atoms with van der Waals surface area (Å²) in [5, 5.41) is 0. The molecule has 0 saturated heterocycles. The van der Waals surface area contributed by atoms with Crippen molar-refractivity contribution in [3.05, 3.63) is 141 Å². The zero-order chi connectivity index (χ0) is 29.9. The number of carbonyl (C=O) groups is 3. The second-order valence-corrected chi connectivity index (χ2v) is 9.27. The summed E-state index contributed by atoms with van der Waals surface area (Å²) in [5.41, 5.74) is 7.25. The normalized spacial score (nSPS) is 11.2. The van der Waals surface area contributed by atoms with Crippen LogP contribution in [0.15, 0.2) is 91.0 Å². The Balaban J connectivity index is 1.61. The minimum absolute atomic E-state index is 0.374. The van der Waals surface area contributed by atoms with Crippen LogP contribution in [-0.4, -0.2) is 39.2 Å². The van der Waals surface area contributed by atoms with E-state index in [0.717, 1.165) is 33.4 Å². The van der Waals surface area contributed by atoms with E-state index >= 15 is 0 Å². The fraction of sp³-hybridized carbons (Fsp3) is 0.0833. The van der Waals surface area contributed by atoms with Gasteiger partial charge in [-0.3, -0.25) is 0 Å². The first-order valence-electron chi connectivity index (χ1n) is 13.1.